The van der Waals surface area contributed by atoms with Crippen LogP contribution in [0.4, 0.5) is 11.4 Å². The number of pyridine rings is 2. The van der Waals surface area contributed by atoms with Gasteiger partial charge < -0.3 is 5.32 Å². The third-order valence-electron chi connectivity index (χ3n) is 2.70. The molecule has 0 atom stereocenters. The minimum Gasteiger partial charge on any atom is -0.341 e. The lowest BCUT2D eigenvalue weighted by atomic mass is 10.2. The molecule has 0 unspecified atom stereocenters. The van der Waals surface area contributed by atoms with Crippen LogP contribution >= 0.6 is 24.0 Å². The molecule has 0 saturated heterocycles. The molecule has 0 bridgehead atoms. The largest absolute Gasteiger partial charge is 0.341 e. The first kappa shape index (κ1) is 16.3. The quantitative estimate of drug-likeness (QED) is 0.284. The van der Waals surface area contributed by atoms with Gasteiger partial charge in [-0.25, -0.2) is 5.84 Å². The Labute approximate surface area is 138 Å². The Bertz CT molecular complexity index is 648. The van der Waals surface area contributed by atoms with Gasteiger partial charge in [0.05, 0.1) is 17.8 Å². The van der Waals surface area contributed by atoms with Gasteiger partial charge in [-0.2, -0.15) is 0 Å². The van der Waals surface area contributed by atoms with Gasteiger partial charge in [0, 0.05) is 25.0 Å². The predicted molar refractivity (Wildman–Crippen MR) is 93.8 cm³/mol. The van der Waals surface area contributed by atoms with Crippen LogP contribution in [0.15, 0.2) is 42.9 Å². The highest BCUT2D eigenvalue weighted by molar-refractivity contribution is 8.23. The monoisotopic (exact) mass is 333 g/mol. The van der Waals surface area contributed by atoms with Crippen LogP contribution in [-0.4, -0.2) is 25.9 Å². The van der Waals surface area contributed by atoms with E-state index in [1.54, 1.807) is 30.7 Å². The number of carbonyl (C=O) groups is 1. The van der Waals surface area contributed by atoms with E-state index in [-0.39, 0.29) is 5.78 Å². The van der Waals surface area contributed by atoms with Gasteiger partial charge in [0.15, 0.2) is 5.78 Å². The van der Waals surface area contributed by atoms with Crippen LogP contribution in [0, 0.1) is 0 Å². The second-order valence-electron chi connectivity index (χ2n) is 4.35. The zero-order chi connectivity index (χ0) is 15.9. The SMILES string of the molecule is CC(=O)c1ccc(N(N)CSC(=S)Nc2ccncc2)cn1. The Hall–Kier alpha value is -2.03. The lowest BCUT2D eigenvalue weighted by Gasteiger charge is -2.18. The number of rotatable bonds is 5. The number of carbonyl (C=O) groups excluding carboxylic acids is 1. The number of thioether (sulfide) groups is 1. The van der Waals surface area contributed by atoms with Gasteiger partial charge in [0.1, 0.15) is 10.0 Å². The maximum atomic E-state index is 11.2. The summed E-state index contributed by atoms with van der Waals surface area (Å²) in [7, 11) is 0. The van der Waals surface area contributed by atoms with Gasteiger partial charge in [0.2, 0.25) is 0 Å². The Morgan fingerprint density at radius 1 is 1.36 bits per heavy atom. The van der Waals surface area contributed by atoms with E-state index in [0.29, 0.717) is 21.6 Å². The number of thiocarbonyl (C=S) groups is 1. The highest BCUT2D eigenvalue weighted by Crippen LogP contribution is 2.16. The molecule has 6 nitrogen and oxygen atoms in total. The van der Waals surface area contributed by atoms with E-state index in [0.717, 1.165) is 5.69 Å². The van der Waals surface area contributed by atoms with Crippen LogP contribution < -0.4 is 16.2 Å². The summed E-state index contributed by atoms with van der Waals surface area (Å²) in [5.74, 6) is 6.33. The summed E-state index contributed by atoms with van der Waals surface area (Å²) in [6, 6.07) is 7.06. The average Bonchev–Trinajstić information content (AvgIpc) is 2.53. The molecule has 0 amide bonds. The highest BCUT2D eigenvalue weighted by Gasteiger charge is 2.07. The van der Waals surface area contributed by atoms with E-state index in [2.05, 4.69) is 15.3 Å². The van der Waals surface area contributed by atoms with Gasteiger partial charge in [-0.15, -0.1) is 0 Å². The van der Waals surface area contributed by atoms with Crippen LogP contribution in [0.3, 0.4) is 0 Å². The highest BCUT2D eigenvalue weighted by atomic mass is 32.2. The summed E-state index contributed by atoms with van der Waals surface area (Å²) in [5.41, 5.74) is 2.01. The molecule has 2 rings (SSSR count). The number of Topliss-reactive ketones (excluding diaryl/α,β-unsaturated/α-hetero) is 1. The molecule has 2 aromatic rings. The number of aromatic nitrogens is 2. The number of nitrogens with two attached hydrogens (primary N) is 1. The van der Waals surface area contributed by atoms with Crippen LogP contribution in [0.25, 0.3) is 0 Å². The molecule has 0 aliphatic rings. The molecule has 0 saturated carbocycles. The molecule has 3 N–H and O–H groups in total. The molecule has 0 spiro atoms. The Kier molecular flexibility index (Phi) is 5.82. The standard InChI is InChI=1S/C14H15N5OS2/c1-10(20)13-3-2-12(8-17-13)19(15)9-22-14(21)18-11-4-6-16-7-5-11/h2-8H,9,15H2,1H3,(H,16,18,21). The smallest absolute Gasteiger partial charge is 0.178 e. The number of nitrogens with one attached hydrogen (secondary N) is 1. The van der Waals surface area contributed by atoms with E-state index in [1.165, 1.54) is 23.7 Å². The van der Waals surface area contributed by atoms with E-state index in [1.807, 2.05) is 12.1 Å². The first-order valence-electron chi connectivity index (χ1n) is 6.39. The molecule has 0 fully saturated rings. The van der Waals surface area contributed by atoms with Gasteiger partial charge >= 0.3 is 0 Å². The third-order valence-corrected chi connectivity index (χ3v) is 3.93. The van der Waals surface area contributed by atoms with Crippen molar-refractivity contribution in [3.05, 3.63) is 48.5 Å². The fourth-order valence-electron chi connectivity index (χ4n) is 1.56. The van der Waals surface area contributed by atoms with E-state index >= 15 is 0 Å². The number of hydrogen-bond acceptors (Lipinski definition) is 7. The summed E-state index contributed by atoms with van der Waals surface area (Å²) >= 11 is 6.64. The first-order valence-corrected chi connectivity index (χ1v) is 7.78. The summed E-state index contributed by atoms with van der Waals surface area (Å²) in [4.78, 5) is 19.2. The number of nitrogens with zero attached hydrogens (tertiary/aromatic N) is 3. The maximum Gasteiger partial charge on any atom is 0.178 e. The lowest BCUT2D eigenvalue weighted by molar-refractivity contribution is 0.101. The van der Waals surface area contributed by atoms with Crippen molar-refractivity contribution in [2.24, 2.45) is 5.84 Å². The predicted octanol–water partition coefficient (Wildman–Crippen LogP) is 2.45. The second-order valence-corrected chi connectivity index (χ2v) is 5.97. The van der Waals surface area contributed by atoms with Crippen LogP contribution in [0.1, 0.15) is 17.4 Å². The normalized spacial score (nSPS) is 10.1. The Morgan fingerprint density at radius 2 is 2.09 bits per heavy atom. The molecule has 8 heteroatoms. The molecule has 22 heavy (non-hydrogen) atoms. The Balaban J connectivity index is 1.85. The molecular weight excluding hydrogens is 318 g/mol. The van der Waals surface area contributed by atoms with Crippen molar-refractivity contribution in [1.82, 2.24) is 9.97 Å². The zero-order valence-electron chi connectivity index (χ0n) is 11.9. The van der Waals surface area contributed by atoms with Crippen molar-refractivity contribution in [1.29, 1.82) is 0 Å². The lowest BCUT2D eigenvalue weighted by Crippen LogP contribution is -2.31. The summed E-state index contributed by atoms with van der Waals surface area (Å²) < 4.78 is 0.606. The van der Waals surface area contributed by atoms with Gasteiger partial charge in [-0.1, -0.05) is 24.0 Å². The van der Waals surface area contributed by atoms with Crippen molar-refractivity contribution in [3.8, 4) is 0 Å². The van der Waals surface area contributed by atoms with Crippen molar-refractivity contribution in [2.75, 3.05) is 16.2 Å². The maximum absolute atomic E-state index is 11.2. The van der Waals surface area contributed by atoms with Crippen molar-refractivity contribution >= 4 is 45.5 Å². The zero-order valence-corrected chi connectivity index (χ0v) is 13.5. The van der Waals surface area contributed by atoms with Gasteiger partial charge in [-0.05, 0) is 24.3 Å². The van der Waals surface area contributed by atoms with Gasteiger partial charge in [-0.3, -0.25) is 19.8 Å². The van der Waals surface area contributed by atoms with Crippen molar-refractivity contribution in [3.63, 3.8) is 0 Å². The summed E-state index contributed by atoms with van der Waals surface area (Å²) in [6.45, 7) is 1.47. The first-order chi connectivity index (χ1) is 10.6. The van der Waals surface area contributed by atoms with Crippen LogP contribution in [0.2, 0.25) is 0 Å². The minimum atomic E-state index is -0.0766. The molecule has 0 radical (unpaired) electrons. The summed E-state index contributed by atoms with van der Waals surface area (Å²) in [5, 5.41) is 4.60. The number of ketones is 1. The topological polar surface area (TPSA) is 84.1 Å². The Morgan fingerprint density at radius 3 is 2.68 bits per heavy atom. The van der Waals surface area contributed by atoms with Crippen molar-refractivity contribution < 1.29 is 4.79 Å². The molecule has 2 aromatic heterocycles. The van der Waals surface area contributed by atoms with Crippen LogP contribution in [0.5, 0.6) is 0 Å². The van der Waals surface area contributed by atoms with Gasteiger partial charge in [0.25, 0.3) is 0 Å². The number of anilines is 2. The average molecular weight is 333 g/mol. The second kappa shape index (κ2) is 7.83. The molecule has 2 heterocycles. The molecule has 0 aliphatic heterocycles. The number of hydrazine groups is 1. The van der Waals surface area contributed by atoms with E-state index in [9.17, 15) is 4.79 Å². The molecule has 0 aliphatic carbocycles. The van der Waals surface area contributed by atoms with Crippen LogP contribution in [-0.2, 0) is 0 Å². The number of hydrogen-bond donors (Lipinski definition) is 2. The third kappa shape index (κ3) is 4.76. The molecule has 0 aromatic carbocycles. The molecular formula is C14H15N5OS2. The molecule has 114 valence electrons. The van der Waals surface area contributed by atoms with E-state index in [4.69, 9.17) is 18.1 Å². The fourth-order valence-corrected chi connectivity index (χ4v) is 2.43. The minimum absolute atomic E-state index is 0.0766. The summed E-state index contributed by atoms with van der Waals surface area (Å²) in [6.07, 6.45) is 4.94. The fraction of sp³-hybridized carbons (Fsp3) is 0.143. The van der Waals surface area contributed by atoms with Crippen molar-refractivity contribution in [2.45, 2.75) is 6.92 Å². The van der Waals surface area contributed by atoms with E-state index < -0.39 is 0 Å².